The number of aromatic nitrogens is 1. The number of hydrogen-bond acceptors (Lipinski definition) is 6. The van der Waals surface area contributed by atoms with E-state index in [1.54, 1.807) is 11.3 Å². The van der Waals surface area contributed by atoms with Crippen LogP contribution in [0.2, 0.25) is 0 Å². The molecule has 1 amide bonds. The molecule has 0 bridgehead atoms. The van der Waals surface area contributed by atoms with E-state index in [-0.39, 0.29) is 17.7 Å². The SMILES string of the molecule is O=C(CCc1nc2ccccc2s1)N1CCN([C@H]2CCS(=O)(=O)C2)CC1. The second-order valence-electron chi connectivity index (χ2n) is 7.05. The minimum Gasteiger partial charge on any atom is -0.340 e. The third-order valence-corrected chi connectivity index (χ3v) is 8.13. The van der Waals surface area contributed by atoms with Crippen LogP contribution >= 0.6 is 11.3 Å². The molecule has 0 saturated carbocycles. The zero-order chi connectivity index (χ0) is 18.1. The van der Waals surface area contributed by atoms with E-state index in [4.69, 9.17) is 0 Å². The first-order valence-corrected chi connectivity index (χ1v) is 11.7. The molecule has 0 N–H and O–H groups in total. The number of carbonyl (C=O) groups excluding carboxylic acids is 1. The van der Waals surface area contributed by atoms with Crippen molar-refractivity contribution in [3.63, 3.8) is 0 Å². The lowest BCUT2D eigenvalue weighted by Gasteiger charge is -2.37. The smallest absolute Gasteiger partial charge is 0.223 e. The number of piperazine rings is 1. The van der Waals surface area contributed by atoms with E-state index in [9.17, 15) is 13.2 Å². The molecule has 4 rings (SSSR count). The number of fused-ring (bicyclic) bond motifs is 1. The fourth-order valence-corrected chi connectivity index (χ4v) is 6.53. The lowest BCUT2D eigenvalue weighted by molar-refractivity contribution is -0.133. The second-order valence-corrected chi connectivity index (χ2v) is 10.4. The predicted octanol–water partition coefficient (Wildman–Crippen LogP) is 1.56. The van der Waals surface area contributed by atoms with Crippen molar-refractivity contribution in [2.45, 2.75) is 25.3 Å². The Hall–Kier alpha value is -1.51. The van der Waals surface area contributed by atoms with Gasteiger partial charge in [-0.15, -0.1) is 11.3 Å². The molecule has 2 saturated heterocycles. The Kier molecular flexibility index (Phi) is 4.98. The number of para-hydroxylation sites is 1. The molecular weight excluding hydrogens is 370 g/mol. The number of aryl methyl sites for hydroxylation is 1. The fraction of sp³-hybridized carbons (Fsp3) is 0.556. The lowest BCUT2D eigenvalue weighted by Crippen LogP contribution is -2.52. The molecular formula is C18H23N3O3S2. The molecule has 26 heavy (non-hydrogen) atoms. The summed E-state index contributed by atoms with van der Waals surface area (Å²) < 4.78 is 24.5. The van der Waals surface area contributed by atoms with Gasteiger partial charge in [0.25, 0.3) is 0 Å². The van der Waals surface area contributed by atoms with E-state index in [1.165, 1.54) is 0 Å². The van der Waals surface area contributed by atoms with E-state index in [2.05, 4.69) is 16.0 Å². The monoisotopic (exact) mass is 393 g/mol. The van der Waals surface area contributed by atoms with Gasteiger partial charge in [0, 0.05) is 45.1 Å². The highest BCUT2D eigenvalue weighted by molar-refractivity contribution is 7.91. The topological polar surface area (TPSA) is 70.6 Å². The predicted molar refractivity (Wildman–Crippen MR) is 103 cm³/mol. The van der Waals surface area contributed by atoms with Crippen LogP contribution in [0.25, 0.3) is 10.2 Å². The molecule has 2 fully saturated rings. The Morgan fingerprint density at radius 1 is 1.19 bits per heavy atom. The van der Waals surface area contributed by atoms with Gasteiger partial charge >= 0.3 is 0 Å². The highest BCUT2D eigenvalue weighted by atomic mass is 32.2. The van der Waals surface area contributed by atoms with Crippen molar-refractivity contribution in [1.82, 2.24) is 14.8 Å². The van der Waals surface area contributed by atoms with Crippen LogP contribution in [-0.2, 0) is 21.1 Å². The van der Waals surface area contributed by atoms with E-state index >= 15 is 0 Å². The van der Waals surface area contributed by atoms with Gasteiger partial charge in [0.05, 0.1) is 26.7 Å². The van der Waals surface area contributed by atoms with Crippen molar-refractivity contribution < 1.29 is 13.2 Å². The van der Waals surface area contributed by atoms with Crippen LogP contribution in [0.15, 0.2) is 24.3 Å². The summed E-state index contributed by atoms with van der Waals surface area (Å²) in [5.74, 6) is 0.750. The van der Waals surface area contributed by atoms with Gasteiger partial charge < -0.3 is 4.90 Å². The first-order valence-electron chi connectivity index (χ1n) is 9.07. The number of hydrogen-bond donors (Lipinski definition) is 0. The Bertz CT molecular complexity index is 868. The highest BCUT2D eigenvalue weighted by Gasteiger charge is 2.34. The average molecular weight is 394 g/mol. The number of amides is 1. The summed E-state index contributed by atoms with van der Waals surface area (Å²) >= 11 is 1.66. The number of nitrogens with zero attached hydrogens (tertiary/aromatic N) is 3. The molecule has 0 aliphatic carbocycles. The zero-order valence-corrected chi connectivity index (χ0v) is 16.3. The summed E-state index contributed by atoms with van der Waals surface area (Å²) in [5.41, 5.74) is 1.00. The largest absolute Gasteiger partial charge is 0.340 e. The molecule has 1 atom stereocenters. The first kappa shape index (κ1) is 17.9. The molecule has 0 spiro atoms. The molecule has 0 unspecified atom stereocenters. The third-order valence-electron chi connectivity index (χ3n) is 5.28. The molecule has 6 nitrogen and oxygen atoms in total. The number of thiazole rings is 1. The van der Waals surface area contributed by atoms with Crippen molar-refractivity contribution in [3.8, 4) is 0 Å². The minimum absolute atomic E-state index is 0.139. The highest BCUT2D eigenvalue weighted by Crippen LogP contribution is 2.23. The molecule has 1 aromatic carbocycles. The van der Waals surface area contributed by atoms with Crippen molar-refractivity contribution in [1.29, 1.82) is 0 Å². The standard InChI is InChI=1S/C18H23N3O3S2/c22-18(6-5-17-19-15-3-1-2-4-16(15)25-17)21-10-8-20(9-11-21)14-7-12-26(23,24)13-14/h1-4,14H,5-13H2/t14-/m0/s1. The van der Waals surface area contributed by atoms with Gasteiger partial charge in [-0.1, -0.05) is 12.1 Å². The Labute approximate surface area is 157 Å². The maximum Gasteiger partial charge on any atom is 0.223 e. The van der Waals surface area contributed by atoms with E-state index in [1.807, 2.05) is 23.1 Å². The number of benzene rings is 1. The zero-order valence-electron chi connectivity index (χ0n) is 14.6. The van der Waals surface area contributed by atoms with Gasteiger partial charge in [0.15, 0.2) is 9.84 Å². The Morgan fingerprint density at radius 2 is 1.96 bits per heavy atom. The van der Waals surface area contributed by atoms with Crippen molar-refractivity contribution in [2.75, 3.05) is 37.7 Å². The summed E-state index contributed by atoms with van der Waals surface area (Å²) in [6, 6.07) is 8.18. The van der Waals surface area contributed by atoms with Gasteiger partial charge in [-0.2, -0.15) is 0 Å². The molecule has 1 aromatic heterocycles. The quantitative estimate of drug-likeness (QED) is 0.788. The van der Waals surface area contributed by atoms with Crippen LogP contribution < -0.4 is 0 Å². The molecule has 140 valence electrons. The van der Waals surface area contributed by atoms with Crippen LogP contribution in [0.4, 0.5) is 0 Å². The molecule has 0 radical (unpaired) electrons. The molecule has 2 aliphatic heterocycles. The maximum atomic E-state index is 12.5. The van der Waals surface area contributed by atoms with Crippen LogP contribution in [0.5, 0.6) is 0 Å². The maximum absolute atomic E-state index is 12.5. The Morgan fingerprint density at radius 3 is 2.65 bits per heavy atom. The number of rotatable bonds is 4. The van der Waals surface area contributed by atoms with Gasteiger partial charge in [-0.3, -0.25) is 9.69 Å². The van der Waals surface area contributed by atoms with E-state index in [0.29, 0.717) is 31.7 Å². The van der Waals surface area contributed by atoms with Crippen LogP contribution in [-0.4, -0.2) is 72.8 Å². The summed E-state index contributed by atoms with van der Waals surface area (Å²) in [6.07, 6.45) is 1.89. The second kappa shape index (κ2) is 7.25. The summed E-state index contributed by atoms with van der Waals surface area (Å²) in [7, 11) is -2.85. The molecule has 2 aromatic rings. The Balaban J connectivity index is 1.27. The van der Waals surface area contributed by atoms with Gasteiger partial charge in [-0.25, -0.2) is 13.4 Å². The van der Waals surface area contributed by atoms with Crippen LogP contribution in [0, 0.1) is 0 Å². The summed E-state index contributed by atoms with van der Waals surface area (Å²) in [4.78, 5) is 21.2. The summed E-state index contributed by atoms with van der Waals surface area (Å²) in [6.45, 7) is 2.92. The van der Waals surface area contributed by atoms with Crippen molar-refractivity contribution in [3.05, 3.63) is 29.3 Å². The number of sulfone groups is 1. The fourth-order valence-electron chi connectivity index (χ4n) is 3.80. The third kappa shape index (κ3) is 3.92. The van der Waals surface area contributed by atoms with E-state index < -0.39 is 9.84 Å². The average Bonchev–Trinajstić information content (AvgIpc) is 3.22. The van der Waals surface area contributed by atoms with E-state index in [0.717, 1.165) is 34.7 Å². The molecule has 2 aliphatic rings. The van der Waals surface area contributed by atoms with Crippen LogP contribution in [0.3, 0.4) is 0 Å². The van der Waals surface area contributed by atoms with Crippen molar-refractivity contribution >= 4 is 37.3 Å². The molecule has 8 heteroatoms. The van der Waals surface area contributed by atoms with Gasteiger partial charge in [0.2, 0.25) is 5.91 Å². The lowest BCUT2D eigenvalue weighted by atomic mass is 10.2. The van der Waals surface area contributed by atoms with Gasteiger partial charge in [-0.05, 0) is 18.6 Å². The normalized spacial score (nSPS) is 23.5. The number of carbonyl (C=O) groups is 1. The van der Waals surface area contributed by atoms with Crippen molar-refractivity contribution in [2.24, 2.45) is 0 Å². The molecule has 3 heterocycles. The first-order chi connectivity index (χ1) is 12.5. The minimum atomic E-state index is -2.85. The van der Waals surface area contributed by atoms with Gasteiger partial charge in [0.1, 0.15) is 0 Å². The van der Waals surface area contributed by atoms with Crippen LogP contribution in [0.1, 0.15) is 17.8 Å². The summed E-state index contributed by atoms with van der Waals surface area (Å²) in [5, 5.41) is 1.01.